The van der Waals surface area contributed by atoms with Crippen LogP contribution in [0.25, 0.3) is 0 Å². The zero-order valence-corrected chi connectivity index (χ0v) is 9.78. The second-order valence-electron chi connectivity index (χ2n) is 4.92. The average molecular weight is 202 g/mol. The lowest BCUT2D eigenvalue weighted by Crippen LogP contribution is -2.13. The van der Waals surface area contributed by atoms with Crippen molar-refractivity contribution in [2.24, 2.45) is 5.92 Å². The Kier molecular flexibility index (Phi) is 3.82. The van der Waals surface area contributed by atoms with Gasteiger partial charge in [-0.2, -0.15) is 0 Å². The number of benzene rings is 1. The van der Waals surface area contributed by atoms with Gasteiger partial charge in [-0.05, 0) is 43.1 Å². The van der Waals surface area contributed by atoms with Crippen molar-refractivity contribution in [3.05, 3.63) is 35.9 Å². The van der Waals surface area contributed by atoms with Crippen molar-refractivity contribution in [3.8, 4) is 0 Å². The molecule has 1 saturated carbocycles. The Morgan fingerprint density at radius 1 is 1.00 bits per heavy atom. The summed E-state index contributed by atoms with van der Waals surface area (Å²) >= 11 is 0. The fourth-order valence-electron chi connectivity index (χ4n) is 2.92. The molecule has 0 unspecified atom stereocenters. The van der Waals surface area contributed by atoms with Crippen molar-refractivity contribution in [3.63, 3.8) is 0 Å². The molecular weight excluding hydrogens is 180 g/mol. The monoisotopic (exact) mass is 202 g/mol. The molecule has 0 atom stereocenters. The number of hydrogen-bond acceptors (Lipinski definition) is 0. The normalized spacial score (nSPS) is 26.5. The van der Waals surface area contributed by atoms with E-state index in [0.29, 0.717) is 0 Å². The minimum atomic E-state index is 0.847. The van der Waals surface area contributed by atoms with Crippen LogP contribution in [-0.4, -0.2) is 0 Å². The summed E-state index contributed by atoms with van der Waals surface area (Å²) in [4.78, 5) is 0. The van der Waals surface area contributed by atoms with Crippen LogP contribution in [0.4, 0.5) is 0 Å². The summed E-state index contributed by atoms with van der Waals surface area (Å²) in [5.74, 6) is 1.87. The smallest absolute Gasteiger partial charge is 0.0162 e. The van der Waals surface area contributed by atoms with E-state index >= 15 is 0 Å². The van der Waals surface area contributed by atoms with E-state index < -0.39 is 0 Å². The van der Waals surface area contributed by atoms with Crippen LogP contribution in [0.3, 0.4) is 0 Å². The summed E-state index contributed by atoms with van der Waals surface area (Å²) in [6.45, 7) is 2.31. The van der Waals surface area contributed by atoms with Crippen LogP contribution in [0, 0.1) is 5.92 Å². The van der Waals surface area contributed by atoms with Gasteiger partial charge in [0.25, 0.3) is 0 Å². The predicted octanol–water partition coefficient (Wildman–Crippen LogP) is 4.76. The van der Waals surface area contributed by atoms with E-state index in [2.05, 4.69) is 37.3 Å². The van der Waals surface area contributed by atoms with Gasteiger partial charge in [-0.25, -0.2) is 0 Å². The molecule has 0 saturated heterocycles. The molecule has 0 nitrogen and oxygen atoms in total. The highest BCUT2D eigenvalue weighted by molar-refractivity contribution is 5.19. The van der Waals surface area contributed by atoms with E-state index in [0.717, 1.165) is 11.8 Å². The first-order valence-corrected chi connectivity index (χ1v) is 6.45. The SMILES string of the molecule is CCC[C@H]1CC[C@@H](c2ccccc2)CC1. The minimum absolute atomic E-state index is 0.847. The van der Waals surface area contributed by atoms with Crippen LogP contribution < -0.4 is 0 Å². The predicted molar refractivity (Wildman–Crippen MR) is 66.0 cm³/mol. The molecule has 0 amide bonds. The fraction of sp³-hybridized carbons (Fsp3) is 0.600. The van der Waals surface area contributed by atoms with Gasteiger partial charge in [0.05, 0.1) is 0 Å². The first-order chi connectivity index (χ1) is 7.40. The Morgan fingerprint density at radius 3 is 2.27 bits per heavy atom. The van der Waals surface area contributed by atoms with Gasteiger partial charge in [0, 0.05) is 0 Å². The number of rotatable bonds is 3. The summed E-state index contributed by atoms with van der Waals surface area (Å²) in [6, 6.07) is 11.1. The minimum Gasteiger partial charge on any atom is -0.0654 e. The van der Waals surface area contributed by atoms with Crippen molar-refractivity contribution in [2.45, 2.75) is 51.4 Å². The Hall–Kier alpha value is -0.780. The summed E-state index contributed by atoms with van der Waals surface area (Å²) in [7, 11) is 0. The lowest BCUT2D eigenvalue weighted by Gasteiger charge is -2.28. The Morgan fingerprint density at radius 2 is 1.67 bits per heavy atom. The van der Waals surface area contributed by atoms with Gasteiger partial charge >= 0.3 is 0 Å². The maximum Gasteiger partial charge on any atom is -0.0162 e. The summed E-state index contributed by atoms with van der Waals surface area (Å²) in [5, 5.41) is 0. The molecular formula is C15H22. The first kappa shape index (κ1) is 10.7. The summed E-state index contributed by atoms with van der Waals surface area (Å²) < 4.78 is 0. The van der Waals surface area contributed by atoms with Crippen LogP contribution in [0.15, 0.2) is 30.3 Å². The van der Waals surface area contributed by atoms with Crippen LogP contribution in [0.1, 0.15) is 56.9 Å². The molecule has 0 spiro atoms. The zero-order chi connectivity index (χ0) is 10.5. The van der Waals surface area contributed by atoms with Crippen molar-refractivity contribution >= 4 is 0 Å². The molecule has 0 bridgehead atoms. The Balaban J connectivity index is 1.88. The van der Waals surface area contributed by atoms with Gasteiger partial charge < -0.3 is 0 Å². The van der Waals surface area contributed by atoms with E-state index in [1.165, 1.54) is 38.5 Å². The zero-order valence-electron chi connectivity index (χ0n) is 9.78. The van der Waals surface area contributed by atoms with Gasteiger partial charge in [-0.3, -0.25) is 0 Å². The summed E-state index contributed by atoms with van der Waals surface area (Å²) in [6.07, 6.45) is 8.53. The molecule has 0 aliphatic heterocycles. The molecule has 82 valence electrons. The largest absolute Gasteiger partial charge is 0.0654 e. The van der Waals surface area contributed by atoms with E-state index in [4.69, 9.17) is 0 Å². The van der Waals surface area contributed by atoms with Gasteiger partial charge in [0.1, 0.15) is 0 Å². The molecule has 0 aromatic heterocycles. The first-order valence-electron chi connectivity index (χ1n) is 6.45. The average Bonchev–Trinajstić information content (AvgIpc) is 2.32. The molecule has 15 heavy (non-hydrogen) atoms. The van der Waals surface area contributed by atoms with Crippen molar-refractivity contribution < 1.29 is 0 Å². The van der Waals surface area contributed by atoms with Crippen molar-refractivity contribution in [2.75, 3.05) is 0 Å². The van der Waals surface area contributed by atoms with E-state index in [1.807, 2.05) is 0 Å². The molecule has 1 fully saturated rings. The highest BCUT2D eigenvalue weighted by atomic mass is 14.3. The van der Waals surface area contributed by atoms with Crippen LogP contribution in [-0.2, 0) is 0 Å². The molecule has 0 radical (unpaired) electrons. The third-order valence-electron chi connectivity index (χ3n) is 3.81. The highest BCUT2D eigenvalue weighted by Crippen LogP contribution is 2.37. The quantitative estimate of drug-likeness (QED) is 0.663. The molecule has 1 aliphatic rings. The molecule has 2 rings (SSSR count). The van der Waals surface area contributed by atoms with Gasteiger partial charge in [-0.1, -0.05) is 50.1 Å². The molecule has 0 N–H and O–H groups in total. The van der Waals surface area contributed by atoms with E-state index in [-0.39, 0.29) is 0 Å². The molecule has 1 aromatic rings. The molecule has 1 aliphatic carbocycles. The lowest BCUT2D eigenvalue weighted by molar-refractivity contribution is 0.308. The third-order valence-corrected chi connectivity index (χ3v) is 3.81. The van der Waals surface area contributed by atoms with Gasteiger partial charge in [0.15, 0.2) is 0 Å². The van der Waals surface area contributed by atoms with Gasteiger partial charge in [0.2, 0.25) is 0 Å². The van der Waals surface area contributed by atoms with Crippen LogP contribution in [0.5, 0.6) is 0 Å². The Bertz CT molecular complexity index is 267. The van der Waals surface area contributed by atoms with Crippen LogP contribution >= 0.6 is 0 Å². The third kappa shape index (κ3) is 2.84. The van der Waals surface area contributed by atoms with Crippen molar-refractivity contribution in [1.82, 2.24) is 0 Å². The second kappa shape index (κ2) is 5.34. The highest BCUT2D eigenvalue weighted by Gasteiger charge is 2.21. The maximum atomic E-state index is 2.31. The standard InChI is InChI=1S/C15H22/c1-2-6-13-9-11-15(12-10-13)14-7-4-3-5-8-14/h3-5,7-8,13,15H,2,6,9-12H2,1H3/t13-,15+. The topological polar surface area (TPSA) is 0 Å². The van der Waals surface area contributed by atoms with Crippen molar-refractivity contribution in [1.29, 1.82) is 0 Å². The van der Waals surface area contributed by atoms with E-state index in [1.54, 1.807) is 5.56 Å². The Labute approximate surface area is 93.7 Å². The van der Waals surface area contributed by atoms with E-state index in [9.17, 15) is 0 Å². The molecule has 0 heterocycles. The van der Waals surface area contributed by atoms with Gasteiger partial charge in [-0.15, -0.1) is 0 Å². The molecule has 0 heteroatoms. The number of hydrogen-bond donors (Lipinski definition) is 0. The summed E-state index contributed by atoms with van der Waals surface area (Å²) in [5.41, 5.74) is 1.56. The maximum absolute atomic E-state index is 2.31. The molecule has 1 aromatic carbocycles. The second-order valence-corrected chi connectivity index (χ2v) is 4.92. The van der Waals surface area contributed by atoms with Crippen LogP contribution in [0.2, 0.25) is 0 Å². The lowest BCUT2D eigenvalue weighted by atomic mass is 9.77. The fourth-order valence-corrected chi connectivity index (χ4v) is 2.92.